The Bertz CT molecular complexity index is 1230. The van der Waals surface area contributed by atoms with Gasteiger partial charge in [0.1, 0.15) is 17.1 Å². The fourth-order valence-corrected chi connectivity index (χ4v) is 3.15. The summed E-state index contributed by atoms with van der Waals surface area (Å²) >= 11 is 5.79. The first kappa shape index (κ1) is 17.2. The zero-order valence-electron chi connectivity index (χ0n) is 14.1. The van der Waals surface area contributed by atoms with Gasteiger partial charge in [0.05, 0.1) is 10.5 Å². The number of aromatic hydroxyl groups is 1. The maximum atomic E-state index is 13.3. The predicted octanol–water partition coefficient (Wildman–Crippen LogP) is 4.24. The maximum absolute atomic E-state index is 13.3. The number of nitrogens with zero attached hydrogens (tertiary/aromatic N) is 3. The molecule has 27 heavy (non-hydrogen) atoms. The van der Waals surface area contributed by atoms with E-state index in [9.17, 15) is 14.3 Å². The second-order valence-corrected chi connectivity index (χ2v) is 6.25. The van der Waals surface area contributed by atoms with Crippen LogP contribution in [0.5, 0.6) is 5.75 Å². The monoisotopic (exact) mass is 385 g/mol. The van der Waals surface area contributed by atoms with Crippen molar-refractivity contribution in [2.24, 2.45) is 0 Å². The molecule has 2 aromatic carbocycles. The van der Waals surface area contributed by atoms with Crippen LogP contribution in [0.4, 0.5) is 4.39 Å². The van der Waals surface area contributed by atoms with Crippen LogP contribution in [-0.4, -0.2) is 19.8 Å². The molecular weight excluding hydrogens is 373 g/mol. The Labute approximate surface area is 157 Å². The average molecular weight is 386 g/mol. The summed E-state index contributed by atoms with van der Waals surface area (Å²) in [5, 5.41) is 14.9. The van der Waals surface area contributed by atoms with Gasteiger partial charge in [-0.1, -0.05) is 28.9 Å². The first-order chi connectivity index (χ1) is 13.0. The summed E-state index contributed by atoms with van der Waals surface area (Å²) in [7, 11) is 0. The van der Waals surface area contributed by atoms with Crippen molar-refractivity contribution in [2.75, 3.05) is 0 Å². The summed E-state index contributed by atoms with van der Waals surface area (Å²) < 4.78 is 20.1. The van der Waals surface area contributed by atoms with Crippen LogP contribution in [0, 0.1) is 5.82 Å². The van der Waals surface area contributed by atoms with Crippen LogP contribution in [0.25, 0.3) is 33.7 Å². The minimum absolute atomic E-state index is 0.0810. The lowest BCUT2D eigenvalue weighted by Crippen LogP contribution is -2.21. The minimum Gasteiger partial charge on any atom is -0.506 e. The highest BCUT2D eigenvalue weighted by Gasteiger charge is 2.22. The Balaban J connectivity index is 1.92. The van der Waals surface area contributed by atoms with E-state index < -0.39 is 11.4 Å². The SMILES string of the molecule is CCn1c(=O)c(-c2nc(-c3ccc(F)c(Cl)c3)no2)c(O)c2ccccc21. The van der Waals surface area contributed by atoms with Crippen molar-refractivity contribution >= 4 is 22.5 Å². The van der Waals surface area contributed by atoms with Crippen molar-refractivity contribution < 1.29 is 14.0 Å². The summed E-state index contributed by atoms with van der Waals surface area (Å²) in [6.07, 6.45) is 0. The van der Waals surface area contributed by atoms with Crippen LogP contribution in [0.15, 0.2) is 51.8 Å². The summed E-state index contributed by atoms with van der Waals surface area (Å²) in [5.41, 5.74) is 0.507. The number of rotatable bonds is 3. The van der Waals surface area contributed by atoms with Crippen molar-refractivity contribution in [1.82, 2.24) is 14.7 Å². The van der Waals surface area contributed by atoms with E-state index in [2.05, 4.69) is 10.1 Å². The normalized spacial score (nSPS) is 11.2. The fourth-order valence-electron chi connectivity index (χ4n) is 2.97. The van der Waals surface area contributed by atoms with E-state index >= 15 is 0 Å². The molecule has 0 aliphatic carbocycles. The van der Waals surface area contributed by atoms with E-state index in [-0.39, 0.29) is 28.1 Å². The van der Waals surface area contributed by atoms with E-state index in [4.69, 9.17) is 16.1 Å². The Kier molecular flexibility index (Phi) is 4.16. The molecule has 136 valence electrons. The Morgan fingerprint density at radius 1 is 1.26 bits per heavy atom. The van der Waals surface area contributed by atoms with Gasteiger partial charge >= 0.3 is 0 Å². The van der Waals surface area contributed by atoms with Gasteiger partial charge in [-0.3, -0.25) is 4.79 Å². The average Bonchev–Trinajstić information content (AvgIpc) is 3.14. The van der Waals surface area contributed by atoms with Crippen LogP contribution < -0.4 is 5.56 Å². The molecular formula is C19H13ClFN3O3. The van der Waals surface area contributed by atoms with Gasteiger partial charge in [0.2, 0.25) is 5.82 Å². The zero-order valence-corrected chi connectivity index (χ0v) is 14.9. The highest BCUT2D eigenvalue weighted by molar-refractivity contribution is 6.31. The lowest BCUT2D eigenvalue weighted by atomic mass is 10.1. The number of hydrogen-bond acceptors (Lipinski definition) is 5. The van der Waals surface area contributed by atoms with Gasteiger partial charge in [0, 0.05) is 17.5 Å². The highest BCUT2D eigenvalue weighted by Crippen LogP contribution is 2.33. The number of benzene rings is 2. The van der Waals surface area contributed by atoms with Gasteiger partial charge in [-0.2, -0.15) is 4.98 Å². The molecule has 0 amide bonds. The molecule has 2 heterocycles. The van der Waals surface area contributed by atoms with E-state index in [1.807, 2.05) is 6.92 Å². The Hall–Kier alpha value is -3.19. The molecule has 0 radical (unpaired) electrons. The van der Waals surface area contributed by atoms with Crippen molar-refractivity contribution in [3.8, 4) is 28.6 Å². The summed E-state index contributed by atoms with van der Waals surface area (Å²) in [5.74, 6) is -0.794. The van der Waals surface area contributed by atoms with E-state index in [1.54, 1.807) is 24.3 Å². The van der Waals surface area contributed by atoms with E-state index in [0.29, 0.717) is 23.0 Å². The second-order valence-electron chi connectivity index (χ2n) is 5.84. The molecule has 0 saturated carbocycles. The molecule has 0 unspecified atom stereocenters. The molecule has 4 aromatic rings. The van der Waals surface area contributed by atoms with Crippen LogP contribution in [0.2, 0.25) is 5.02 Å². The van der Waals surface area contributed by atoms with Gasteiger partial charge in [0.15, 0.2) is 0 Å². The number of pyridine rings is 1. The molecule has 4 rings (SSSR count). The quantitative estimate of drug-likeness (QED) is 0.570. The third-order valence-electron chi connectivity index (χ3n) is 4.28. The van der Waals surface area contributed by atoms with Crippen molar-refractivity contribution in [2.45, 2.75) is 13.5 Å². The molecule has 1 N–H and O–H groups in total. The van der Waals surface area contributed by atoms with Crippen LogP contribution in [0.3, 0.4) is 0 Å². The third kappa shape index (κ3) is 2.76. The van der Waals surface area contributed by atoms with Crippen molar-refractivity contribution in [3.05, 3.63) is 63.7 Å². The molecule has 0 aliphatic heterocycles. The fraction of sp³-hybridized carbons (Fsp3) is 0.105. The van der Waals surface area contributed by atoms with Crippen LogP contribution in [0.1, 0.15) is 6.92 Å². The van der Waals surface area contributed by atoms with Crippen molar-refractivity contribution in [1.29, 1.82) is 0 Å². The van der Waals surface area contributed by atoms with Crippen LogP contribution >= 0.6 is 11.6 Å². The first-order valence-electron chi connectivity index (χ1n) is 8.15. The van der Waals surface area contributed by atoms with Gasteiger partial charge < -0.3 is 14.2 Å². The van der Waals surface area contributed by atoms with Crippen LogP contribution in [-0.2, 0) is 6.54 Å². The van der Waals surface area contributed by atoms with Gasteiger partial charge in [-0.15, -0.1) is 0 Å². The lowest BCUT2D eigenvalue weighted by Gasteiger charge is -2.11. The topological polar surface area (TPSA) is 81.2 Å². The number of halogens is 2. The Morgan fingerprint density at radius 3 is 2.78 bits per heavy atom. The van der Waals surface area contributed by atoms with Crippen molar-refractivity contribution in [3.63, 3.8) is 0 Å². The number of hydrogen-bond donors (Lipinski definition) is 1. The second kappa shape index (κ2) is 6.51. The summed E-state index contributed by atoms with van der Waals surface area (Å²) in [6.45, 7) is 2.23. The highest BCUT2D eigenvalue weighted by atomic mass is 35.5. The molecule has 2 aromatic heterocycles. The number of para-hydroxylation sites is 1. The third-order valence-corrected chi connectivity index (χ3v) is 4.57. The maximum Gasteiger partial charge on any atom is 0.267 e. The molecule has 0 spiro atoms. The Morgan fingerprint density at radius 2 is 2.04 bits per heavy atom. The molecule has 0 fully saturated rings. The zero-order chi connectivity index (χ0) is 19.1. The molecule has 0 atom stereocenters. The van der Waals surface area contributed by atoms with Gasteiger partial charge in [0.25, 0.3) is 11.4 Å². The number of aromatic nitrogens is 3. The van der Waals surface area contributed by atoms with E-state index in [1.165, 1.54) is 22.8 Å². The minimum atomic E-state index is -0.567. The smallest absolute Gasteiger partial charge is 0.267 e. The first-order valence-corrected chi connectivity index (χ1v) is 8.53. The number of aryl methyl sites for hydroxylation is 1. The molecule has 6 nitrogen and oxygen atoms in total. The number of fused-ring (bicyclic) bond motifs is 1. The standard InChI is InChI=1S/C19H13ClFN3O3/c1-2-24-14-6-4-3-5-11(14)16(25)15(19(24)26)18-22-17(23-27-18)10-7-8-13(21)12(20)9-10/h3-9,25H,2H2,1H3. The molecule has 8 heteroatoms. The van der Waals surface area contributed by atoms with E-state index in [0.717, 1.165) is 0 Å². The van der Waals surface area contributed by atoms with Gasteiger partial charge in [-0.25, -0.2) is 4.39 Å². The largest absolute Gasteiger partial charge is 0.506 e. The molecule has 0 aliphatic rings. The molecule has 0 saturated heterocycles. The molecule has 0 bridgehead atoms. The summed E-state index contributed by atoms with van der Waals surface area (Å²) in [6, 6.07) is 11.0. The summed E-state index contributed by atoms with van der Waals surface area (Å²) in [4.78, 5) is 17.1. The predicted molar refractivity (Wildman–Crippen MR) is 99.2 cm³/mol. The lowest BCUT2D eigenvalue weighted by molar-refractivity contribution is 0.425. The van der Waals surface area contributed by atoms with Gasteiger partial charge in [-0.05, 0) is 37.3 Å².